The minimum atomic E-state index is -0.0541. The number of aliphatic hydroxyl groups is 1. The molecule has 0 amide bonds. The molecule has 1 N–H and O–H groups in total. The predicted octanol–water partition coefficient (Wildman–Crippen LogP) is 3.51. The fourth-order valence-corrected chi connectivity index (χ4v) is 3.02. The van der Waals surface area contributed by atoms with E-state index in [-0.39, 0.29) is 23.8 Å². The number of hydrogen-bond acceptors (Lipinski definition) is 3. The van der Waals surface area contributed by atoms with Crippen LogP contribution in [0.1, 0.15) is 73.1 Å². The number of aliphatic hydroxyl groups excluding tert-OH is 1. The molecule has 0 aliphatic carbocycles. The number of nitrogens with zero attached hydrogens (tertiary/aromatic N) is 1. The molecule has 0 bridgehead atoms. The van der Waals surface area contributed by atoms with Gasteiger partial charge in [-0.15, -0.1) is 0 Å². The Bertz CT molecular complexity index is 235. The molecule has 1 aliphatic heterocycles. The van der Waals surface area contributed by atoms with Crippen LogP contribution in [-0.4, -0.2) is 34.0 Å². The van der Waals surface area contributed by atoms with E-state index >= 15 is 0 Å². The number of unbranched alkanes of at least 4 members (excludes halogenated alkanes) is 1. The van der Waals surface area contributed by atoms with Gasteiger partial charge in [0.25, 0.3) is 0 Å². The highest BCUT2D eigenvalue weighted by molar-refractivity contribution is 4.93. The van der Waals surface area contributed by atoms with Crippen LogP contribution >= 0.6 is 0 Å². The molecule has 0 spiro atoms. The summed E-state index contributed by atoms with van der Waals surface area (Å²) in [4.78, 5) is 6.16. The van der Waals surface area contributed by atoms with Crippen LogP contribution in [0, 0.1) is 0 Å². The zero-order valence-electron chi connectivity index (χ0n) is 12.8. The number of hydroxylamine groups is 2. The quantitative estimate of drug-likeness (QED) is 0.790. The predicted molar refractivity (Wildman–Crippen MR) is 75.3 cm³/mol. The standard InChI is InChI=1S/C15H31NO2/c1-6-7-9-13(12-17)18-16-14(2,3)10-8-11-15(16,4)5/h13,17H,6-12H2,1-5H3. The fraction of sp³-hybridized carbons (Fsp3) is 1.00. The van der Waals surface area contributed by atoms with E-state index in [1.807, 2.05) is 0 Å². The molecule has 0 aromatic heterocycles. The van der Waals surface area contributed by atoms with Crippen LogP contribution in [-0.2, 0) is 4.84 Å². The zero-order valence-corrected chi connectivity index (χ0v) is 12.8. The molecule has 0 aromatic carbocycles. The third kappa shape index (κ3) is 3.94. The van der Waals surface area contributed by atoms with Gasteiger partial charge in [0.15, 0.2) is 0 Å². The molecule has 1 saturated heterocycles. The van der Waals surface area contributed by atoms with Crippen LogP contribution in [0.2, 0.25) is 0 Å². The smallest absolute Gasteiger partial charge is 0.102 e. The first-order chi connectivity index (χ1) is 8.33. The van der Waals surface area contributed by atoms with E-state index in [9.17, 15) is 5.11 Å². The first kappa shape index (κ1) is 15.9. The summed E-state index contributed by atoms with van der Waals surface area (Å²) in [6.45, 7) is 11.2. The lowest BCUT2D eigenvalue weighted by Crippen LogP contribution is -2.59. The summed E-state index contributed by atoms with van der Waals surface area (Å²) in [6, 6.07) is 0. The molecule has 0 radical (unpaired) electrons. The molecule has 1 aliphatic rings. The number of piperidine rings is 1. The van der Waals surface area contributed by atoms with Crippen molar-refractivity contribution >= 4 is 0 Å². The van der Waals surface area contributed by atoms with Gasteiger partial charge in [-0.2, -0.15) is 5.06 Å². The SMILES string of the molecule is CCCCC(CO)ON1C(C)(C)CCCC1(C)C. The van der Waals surface area contributed by atoms with E-state index in [1.165, 1.54) is 6.42 Å². The van der Waals surface area contributed by atoms with E-state index in [4.69, 9.17) is 4.84 Å². The minimum absolute atomic E-state index is 0.0541. The van der Waals surface area contributed by atoms with Crippen molar-refractivity contribution in [3.05, 3.63) is 0 Å². The third-order valence-electron chi connectivity index (χ3n) is 4.01. The van der Waals surface area contributed by atoms with Gasteiger partial charge in [0.2, 0.25) is 0 Å². The van der Waals surface area contributed by atoms with Crippen LogP contribution in [0.15, 0.2) is 0 Å². The van der Waals surface area contributed by atoms with E-state index in [2.05, 4.69) is 39.7 Å². The van der Waals surface area contributed by atoms with Crippen molar-refractivity contribution in [1.29, 1.82) is 0 Å². The van der Waals surface area contributed by atoms with E-state index in [1.54, 1.807) is 0 Å². The fourth-order valence-electron chi connectivity index (χ4n) is 3.02. The minimum Gasteiger partial charge on any atom is -0.394 e. The van der Waals surface area contributed by atoms with Crippen molar-refractivity contribution < 1.29 is 9.94 Å². The first-order valence-corrected chi connectivity index (χ1v) is 7.41. The molecule has 18 heavy (non-hydrogen) atoms. The van der Waals surface area contributed by atoms with Gasteiger partial charge in [-0.1, -0.05) is 19.8 Å². The average Bonchev–Trinajstić information content (AvgIpc) is 2.26. The van der Waals surface area contributed by atoms with Crippen LogP contribution in [0.5, 0.6) is 0 Å². The van der Waals surface area contributed by atoms with E-state index in [0.717, 1.165) is 32.1 Å². The van der Waals surface area contributed by atoms with Crippen molar-refractivity contribution in [2.24, 2.45) is 0 Å². The van der Waals surface area contributed by atoms with Gasteiger partial charge in [-0.05, 0) is 53.4 Å². The second-order valence-electron chi connectivity index (χ2n) is 6.83. The summed E-state index contributed by atoms with van der Waals surface area (Å²) in [5, 5.41) is 11.6. The molecule has 1 fully saturated rings. The number of hydrogen-bond donors (Lipinski definition) is 1. The highest BCUT2D eigenvalue weighted by Crippen LogP contribution is 2.39. The lowest BCUT2D eigenvalue weighted by molar-refractivity contribution is -0.309. The molecule has 0 aromatic rings. The second-order valence-corrected chi connectivity index (χ2v) is 6.83. The highest BCUT2D eigenvalue weighted by Gasteiger charge is 2.43. The Balaban J connectivity index is 2.70. The Morgan fingerprint density at radius 3 is 2.17 bits per heavy atom. The average molecular weight is 257 g/mol. The van der Waals surface area contributed by atoms with Crippen molar-refractivity contribution in [2.45, 2.75) is 90.3 Å². The van der Waals surface area contributed by atoms with Gasteiger partial charge in [-0.25, -0.2) is 0 Å². The van der Waals surface area contributed by atoms with Gasteiger partial charge in [0.05, 0.1) is 6.61 Å². The van der Waals surface area contributed by atoms with Crippen molar-refractivity contribution in [3.8, 4) is 0 Å². The summed E-state index contributed by atoms with van der Waals surface area (Å²) in [7, 11) is 0. The maximum absolute atomic E-state index is 9.47. The molecule has 3 heteroatoms. The van der Waals surface area contributed by atoms with E-state index in [0.29, 0.717) is 0 Å². The molecule has 1 rings (SSSR count). The van der Waals surface area contributed by atoms with Crippen molar-refractivity contribution in [1.82, 2.24) is 5.06 Å². The van der Waals surface area contributed by atoms with Gasteiger partial charge in [0, 0.05) is 11.1 Å². The largest absolute Gasteiger partial charge is 0.394 e. The molecule has 3 nitrogen and oxygen atoms in total. The van der Waals surface area contributed by atoms with Gasteiger partial charge < -0.3 is 5.11 Å². The molecule has 1 atom stereocenters. The highest BCUT2D eigenvalue weighted by atomic mass is 16.7. The molecule has 108 valence electrons. The Morgan fingerprint density at radius 2 is 1.72 bits per heavy atom. The van der Waals surface area contributed by atoms with Gasteiger partial charge >= 0.3 is 0 Å². The third-order valence-corrected chi connectivity index (χ3v) is 4.01. The maximum Gasteiger partial charge on any atom is 0.102 e. The molecule has 1 heterocycles. The molecular weight excluding hydrogens is 226 g/mol. The maximum atomic E-state index is 9.47. The zero-order chi connectivity index (χ0) is 13.8. The first-order valence-electron chi connectivity index (χ1n) is 7.41. The second kappa shape index (κ2) is 6.36. The summed E-state index contributed by atoms with van der Waals surface area (Å²) in [6.07, 6.45) is 6.70. The molecule has 1 unspecified atom stereocenters. The van der Waals surface area contributed by atoms with Gasteiger partial charge in [-0.3, -0.25) is 4.84 Å². The summed E-state index contributed by atoms with van der Waals surface area (Å²) < 4.78 is 0. The Kier molecular flexibility index (Phi) is 5.63. The van der Waals surface area contributed by atoms with E-state index < -0.39 is 0 Å². The Labute approximate surface area is 112 Å². The lowest BCUT2D eigenvalue weighted by Gasteiger charge is -2.52. The van der Waals surface area contributed by atoms with Crippen LogP contribution in [0.3, 0.4) is 0 Å². The summed E-state index contributed by atoms with van der Waals surface area (Å²) >= 11 is 0. The summed E-state index contributed by atoms with van der Waals surface area (Å²) in [5.74, 6) is 0. The van der Waals surface area contributed by atoms with Crippen LogP contribution in [0.4, 0.5) is 0 Å². The molecular formula is C15H31NO2. The van der Waals surface area contributed by atoms with Crippen LogP contribution < -0.4 is 0 Å². The summed E-state index contributed by atoms with van der Waals surface area (Å²) in [5.41, 5.74) is 0.114. The van der Waals surface area contributed by atoms with Gasteiger partial charge in [0.1, 0.15) is 6.10 Å². The Morgan fingerprint density at radius 1 is 1.17 bits per heavy atom. The monoisotopic (exact) mass is 257 g/mol. The van der Waals surface area contributed by atoms with Crippen molar-refractivity contribution in [2.75, 3.05) is 6.61 Å². The number of rotatable bonds is 6. The lowest BCUT2D eigenvalue weighted by atomic mass is 9.82. The molecule has 0 saturated carbocycles. The van der Waals surface area contributed by atoms with Crippen LogP contribution in [0.25, 0.3) is 0 Å². The Hall–Kier alpha value is -0.120. The topological polar surface area (TPSA) is 32.7 Å². The van der Waals surface area contributed by atoms with Crippen molar-refractivity contribution in [3.63, 3.8) is 0 Å². The normalized spacial score (nSPS) is 25.0.